The zero-order valence-corrected chi connectivity index (χ0v) is 23.4. The highest BCUT2D eigenvalue weighted by molar-refractivity contribution is 7.90. The maximum Gasteiger partial charge on any atom is 0.408 e. The van der Waals surface area contributed by atoms with Crippen LogP contribution in [0.5, 0.6) is 0 Å². The molecule has 4 atom stereocenters. The number of alkyl carbamates (subject to hydrolysis) is 1. The molecule has 0 spiro atoms. The van der Waals surface area contributed by atoms with Crippen molar-refractivity contribution in [3.8, 4) is 0 Å². The summed E-state index contributed by atoms with van der Waals surface area (Å²) in [7, 11) is -3.50. The van der Waals surface area contributed by atoms with Crippen LogP contribution in [-0.4, -0.2) is 66.6 Å². The van der Waals surface area contributed by atoms with Crippen LogP contribution < -0.4 is 15.8 Å². The lowest BCUT2D eigenvalue weighted by Crippen LogP contribution is -2.53. The summed E-state index contributed by atoms with van der Waals surface area (Å²) in [6.07, 6.45) is 9.96. The Morgan fingerprint density at radius 2 is 1.82 bits per heavy atom. The Morgan fingerprint density at radius 1 is 1.11 bits per heavy atom. The van der Waals surface area contributed by atoms with Crippen molar-refractivity contribution in [1.82, 2.24) is 14.9 Å². The number of carbonyl (C=O) groups excluding carboxylic acids is 4. The van der Waals surface area contributed by atoms with Crippen molar-refractivity contribution in [2.24, 2.45) is 17.6 Å². The number of sulfonamides is 1. The predicted octanol–water partition coefficient (Wildman–Crippen LogP) is 2.11. The van der Waals surface area contributed by atoms with Crippen LogP contribution in [0.1, 0.15) is 85.0 Å². The fourth-order valence-electron chi connectivity index (χ4n) is 4.70. The number of nitrogens with two attached hydrogens (primary N) is 1. The van der Waals surface area contributed by atoms with Crippen LogP contribution in [0.15, 0.2) is 12.2 Å². The molecule has 3 fully saturated rings. The van der Waals surface area contributed by atoms with Gasteiger partial charge in [0.25, 0.3) is 0 Å². The molecule has 2 aliphatic carbocycles. The number of hydrogen-bond donors (Lipinski definition) is 3. The van der Waals surface area contributed by atoms with Gasteiger partial charge in [-0.3, -0.25) is 19.1 Å². The zero-order chi connectivity index (χ0) is 28.1. The summed E-state index contributed by atoms with van der Waals surface area (Å²) in [6.45, 7) is 5.66. The molecule has 0 radical (unpaired) electrons. The Labute approximate surface area is 225 Å². The van der Waals surface area contributed by atoms with Gasteiger partial charge in [0, 0.05) is 12.5 Å². The van der Waals surface area contributed by atoms with Crippen molar-refractivity contribution in [3.05, 3.63) is 12.2 Å². The molecule has 11 nitrogen and oxygen atoms in total. The molecule has 1 aliphatic heterocycles. The van der Waals surface area contributed by atoms with Gasteiger partial charge in [0.2, 0.25) is 27.7 Å². The van der Waals surface area contributed by atoms with Crippen LogP contribution in [0.4, 0.5) is 4.79 Å². The van der Waals surface area contributed by atoms with Crippen LogP contribution in [0, 0.1) is 11.8 Å². The van der Waals surface area contributed by atoms with Crippen LogP contribution in [0.25, 0.3) is 0 Å². The average molecular weight is 555 g/mol. The third-order valence-electron chi connectivity index (χ3n) is 6.98. The van der Waals surface area contributed by atoms with E-state index in [1.165, 1.54) is 4.90 Å². The van der Waals surface area contributed by atoms with Gasteiger partial charge < -0.3 is 20.7 Å². The Kier molecular flexibility index (Phi) is 9.83. The van der Waals surface area contributed by atoms with Gasteiger partial charge in [0.15, 0.2) is 0 Å². The van der Waals surface area contributed by atoms with Crippen molar-refractivity contribution in [1.29, 1.82) is 0 Å². The molecule has 38 heavy (non-hydrogen) atoms. The van der Waals surface area contributed by atoms with E-state index in [1.807, 2.05) is 12.2 Å². The third-order valence-corrected chi connectivity index (χ3v) is 8.82. The van der Waals surface area contributed by atoms with Gasteiger partial charge in [0.05, 0.1) is 5.25 Å². The van der Waals surface area contributed by atoms with E-state index in [4.69, 9.17) is 10.5 Å². The van der Waals surface area contributed by atoms with Gasteiger partial charge >= 0.3 is 6.09 Å². The van der Waals surface area contributed by atoms with E-state index in [-0.39, 0.29) is 17.7 Å². The number of allylic oxidation sites excluding steroid dienone is 2. The number of unbranched alkanes of at least 4 members (excludes halogenated alkanes) is 3. The van der Waals surface area contributed by atoms with Crippen molar-refractivity contribution >= 4 is 33.8 Å². The largest absolute Gasteiger partial charge is 0.444 e. The molecular formula is C26H42N4O7S. The summed E-state index contributed by atoms with van der Waals surface area (Å²) in [6, 6.07) is -1.46. The molecule has 214 valence electrons. The highest BCUT2D eigenvalue weighted by Crippen LogP contribution is 2.40. The van der Waals surface area contributed by atoms with Crippen LogP contribution in [-0.2, 0) is 29.1 Å². The van der Waals surface area contributed by atoms with Crippen LogP contribution >= 0.6 is 0 Å². The number of likely N-dealkylation sites (tertiary alicyclic amines) is 1. The molecule has 4 N–H and O–H groups in total. The van der Waals surface area contributed by atoms with Crippen LogP contribution in [0.3, 0.4) is 0 Å². The van der Waals surface area contributed by atoms with E-state index in [2.05, 4.69) is 10.0 Å². The van der Waals surface area contributed by atoms with Gasteiger partial charge in [-0.15, -0.1) is 0 Å². The first kappa shape index (κ1) is 29.9. The maximum atomic E-state index is 13.2. The minimum absolute atomic E-state index is 0.0723. The maximum absolute atomic E-state index is 13.2. The monoisotopic (exact) mass is 554 g/mol. The van der Waals surface area contributed by atoms with E-state index >= 15 is 0 Å². The molecular weight excluding hydrogens is 512 g/mol. The van der Waals surface area contributed by atoms with E-state index in [1.54, 1.807) is 20.8 Å². The van der Waals surface area contributed by atoms with Crippen molar-refractivity contribution in [2.45, 2.75) is 108 Å². The summed E-state index contributed by atoms with van der Waals surface area (Å²) in [5.74, 6) is -1.47. The highest BCUT2D eigenvalue weighted by atomic mass is 32.2. The molecule has 1 saturated heterocycles. The van der Waals surface area contributed by atoms with Gasteiger partial charge in [-0.05, 0) is 78.1 Å². The van der Waals surface area contributed by atoms with E-state index < -0.39 is 50.9 Å². The molecule has 12 heteroatoms. The second kappa shape index (κ2) is 12.5. The quantitative estimate of drug-likeness (QED) is 0.232. The van der Waals surface area contributed by atoms with E-state index in [0.29, 0.717) is 51.5 Å². The van der Waals surface area contributed by atoms with E-state index in [0.717, 1.165) is 19.3 Å². The number of rotatable bonds is 13. The molecule has 3 rings (SSSR count). The normalized spacial score (nSPS) is 24.2. The minimum Gasteiger partial charge on any atom is -0.444 e. The van der Waals surface area contributed by atoms with E-state index in [9.17, 15) is 27.6 Å². The Hall–Kier alpha value is -2.63. The smallest absolute Gasteiger partial charge is 0.408 e. The summed E-state index contributed by atoms with van der Waals surface area (Å²) in [5, 5.41) is 2.27. The highest BCUT2D eigenvalue weighted by Gasteiger charge is 2.45. The topological polar surface area (TPSA) is 165 Å². The molecule has 1 heterocycles. The molecule has 4 amide bonds. The Balaban J connectivity index is 1.41. The third kappa shape index (κ3) is 8.99. The summed E-state index contributed by atoms with van der Waals surface area (Å²) >= 11 is 0. The molecule has 3 aliphatic rings. The van der Waals surface area contributed by atoms with Gasteiger partial charge in [0.1, 0.15) is 17.7 Å². The number of hydrogen-bond acceptors (Lipinski definition) is 7. The Morgan fingerprint density at radius 3 is 2.45 bits per heavy atom. The number of nitrogens with one attached hydrogen (secondary N) is 2. The number of ether oxygens (including phenoxy) is 1. The lowest BCUT2D eigenvalue weighted by atomic mass is 10.0. The molecule has 0 bridgehead atoms. The van der Waals surface area contributed by atoms with Crippen molar-refractivity contribution in [2.75, 3.05) is 6.54 Å². The second-order valence-electron chi connectivity index (χ2n) is 11.6. The molecule has 0 aromatic heterocycles. The molecule has 2 saturated carbocycles. The zero-order valence-electron chi connectivity index (χ0n) is 22.6. The Bertz CT molecular complexity index is 1030. The SMILES string of the molecule is CC(C)(C)OC(=O)N[C@@H](CCCCC/C=C\C1CC1C(=O)NS(=O)(=O)C1CC1)C(=O)N1CCCC1C(N)=O. The standard InChI is InChI=1S/C26H42N4O7S/c1-26(2,3)37-25(34)28-20(24(33)30-15-9-12-21(30)22(27)31)11-8-6-4-5-7-10-17-16-19(17)23(32)29-38(35,36)18-13-14-18/h7,10,17-21H,4-6,8-9,11-16H2,1-3H3,(H2,27,31)(H,28,34)(H,29,32)/b10-7-/t17?,19?,20-,21?/m0/s1. The minimum atomic E-state index is -3.50. The molecule has 0 aromatic carbocycles. The lowest BCUT2D eigenvalue weighted by molar-refractivity contribution is -0.139. The number of nitrogens with zero attached hydrogens (tertiary/aromatic N) is 1. The number of primary amides is 1. The van der Waals surface area contributed by atoms with Crippen LogP contribution in [0.2, 0.25) is 0 Å². The first-order valence-corrected chi connectivity index (χ1v) is 15.1. The summed E-state index contributed by atoms with van der Waals surface area (Å²) in [5.41, 5.74) is 4.76. The summed E-state index contributed by atoms with van der Waals surface area (Å²) in [4.78, 5) is 50.9. The first-order chi connectivity index (χ1) is 17.8. The molecule has 3 unspecified atom stereocenters. The second-order valence-corrected chi connectivity index (χ2v) is 13.5. The number of carbonyl (C=O) groups is 4. The van der Waals surface area contributed by atoms with Gasteiger partial charge in [-0.2, -0.15) is 0 Å². The molecule has 0 aromatic rings. The average Bonchev–Trinajstić information content (AvgIpc) is 3.72. The summed E-state index contributed by atoms with van der Waals surface area (Å²) < 4.78 is 31.4. The number of amides is 4. The van der Waals surface area contributed by atoms with Gasteiger partial charge in [-0.25, -0.2) is 13.2 Å². The first-order valence-electron chi connectivity index (χ1n) is 13.6. The fraction of sp³-hybridized carbons (Fsp3) is 0.769. The van der Waals surface area contributed by atoms with Crippen molar-refractivity contribution < 1.29 is 32.3 Å². The van der Waals surface area contributed by atoms with Crippen molar-refractivity contribution in [3.63, 3.8) is 0 Å². The predicted molar refractivity (Wildman–Crippen MR) is 141 cm³/mol. The van der Waals surface area contributed by atoms with Gasteiger partial charge in [-0.1, -0.05) is 25.0 Å². The fourth-order valence-corrected chi connectivity index (χ4v) is 6.05. The lowest BCUT2D eigenvalue weighted by Gasteiger charge is -2.28.